The topological polar surface area (TPSA) is 75.6 Å². The molecule has 0 spiro atoms. The average molecular weight is 269 g/mol. The van der Waals surface area contributed by atoms with Crippen molar-refractivity contribution in [2.75, 3.05) is 6.61 Å². The molecule has 1 atom stereocenters. The molecule has 1 saturated carbocycles. The molecular formula is C14H23NO4. The van der Waals surface area contributed by atoms with Crippen LogP contribution < -0.4 is 5.32 Å². The first-order valence-electron chi connectivity index (χ1n) is 7.24. The first-order chi connectivity index (χ1) is 9.10. The summed E-state index contributed by atoms with van der Waals surface area (Å²) in [5.41, 5.74) is -0.501. The van der Waals surface area contributed by atoms with Gasteiger partial charge in [-0.2, -0.15) is 0 Å². The van der Waals surface area contributed by atoms with Gasteiger partial charge in [-0.15, -0.1) is 0 Å². The largest absolute Gasteiger partial charge is 0.481 e. The van der Waals surface area contributed by atoms with Crippen LogP contribution in [0.2, 0.25) is 0 Å². The van der Waals surface area contributed by atoms with Crippen LogP contribution in [0.15, 0.2) is 0 Å². The number of rotatable bonds is 6. The number of amides is 1. The maximum Gasteiger partial charge on any atom is 0.305 e. The first-order valence-corrected chi connectivity index (χ1v) is 7.24. The van der Waals surface area contributed by atoms with E-state index in [0.29, 0.717) is 6.42 Å². The summed E-state index contributed by atoms with van der Waals surface area (Å²) in [4.78, 5) is 22.9. The molecule has 1 saturated heterocycles. The van der Waals surface area contributed by atoms with Gasteiger partial charge in [0.2, 0.25) is 5.91 Å². The molecule has 1 unspecified atom stereocenters. The predicted molar refractivity (Wildman–Crippen MR) is 69.8 cm³/mol. The number of hydrogen-bond acceptors (Lipinski definition) is 3. The van der Waals surface area contributed by atoms with Crippen molar-refractivity contribution in [3.05, 3.63) is 0 Å². The molecule has 5 heteroatoms. The molecule has 2 aliphatic rings. The monoisotopic (exact) mass is 269 g/mol. The smallest absolute Gasteiger partial charge is 0.305 e. The van der Waals surface area contributed by atoms with Crippen molar-refractivity contribution in [2.45, 2.75) is 69.4 Å². The summed E-state index contributed by atoms with van der Waals surface area (Å²) in [6.45, 7) is 0.801. The van der Waals surface area contributed by atoms with Gasteiger partial charge in [-0.25, -0.2) is 0 Å². The van der Waals surface area contributed by atoms with E-state index in [0.717, 1.165) is 51.6 Å². The van der Waals surface area contributed by atoms with Crippen LogP contribution in [0.1, 0.15) is 57.8 Å². The Hall–Kier alpha value is -1.10. The second kappa shape index (κ2) is 6.37. The standard InChI is InChI=1S/C14H23NO4/c16-12(6-5-11-4-3-9-19-11)15-14(10-13(17)18)7-1-2-8-14/h11H,1-10H2,(H,15,16)(H,17,18). The van der Waals surface area contributed by atoms with Gasteiger partial charge < -0.3 is 15.2 Å². The molecule has 108 valence electrons. The van der Waals surface area contributed by atoms with Crippen molar-refractivity contribution in [2.24, 2.45) is 0 Å². The van der Waals surface area contributed by atoms with E-state index in [1.54, 1.807) is 0 Å². The average Bonchev–Trinajstić information content (AvgIpc) is 2.97. The van der Waals surface area contributed by atoms with Crippen LogP contribution in [0, 0.1) is 0 Å². The molecule has 0 radical (unpaired) electrons. The molecule has 5 nitrogen and oxygen atoms in total. The molecule has 1 aliphatic carbocycles. The lowest BCUT2D eigenvalue weighted by molar-refractivity contribution is -0.139. The van der Waals surface area contributed by atoms with Crippen molar-refractivity contribution < 1.29 is 19.4 Å². The summed E-state index contributed by atoms with van der Waals surface area (Å²) in [6, 6.07) is 0. The van der Waals surface area contributed by atoms with Crippen molar-refractivity contribution in [3.8, 4) is 0 Å². The van der Waals surface area contributed by atoms with Gasteiger partial charge in [0.15, 0.2) is 0 Å². The van der Waals surface area contributed by atoms with E-state index in [1.165, 1.54) is 0 Å². The van der Waals surface area contributed by atoms with Crippen LogP contribution in [0.4, 0.5) is 0 Å². The van der Waals surface area contributed by atoms with Crippen LogP contribution in [0.5, 0.6) is 0 Å². The lowest BCUT2D eigenvalue weighted by atomic mass is 9.93. The highest BCUT2D eigenvalue weighted by Crippen LogP contribution is 2.32. The maximum absolute atomic E-state index is 12.0. The van der Waals surface area contributed by atoms with Crippen LogP contribution in [-0.2, 0) is 14.3 Å². The molecule has 2 fully saturated rings. The number of carbonyl (C=O) groups excluding carboxylic acids is 1. The third kappa shape index (κ3) is 4.20. The fourth-order valence-corrected chi connectivity index (χ4v) is 3.21. The van der Waals surface area contributed by atoms with Crippen molar-refractivity contribution in [1.29, 1.82) is 0 Å². The minimum atomic E-state index is -0.832. The molecule has 1 heterocycles. The lowest BCUT2D eigenvalue weighted by Crippen LogP contribution is -2.47. The SMILES string of the molecule is O=C(O)CC1(NC(=O)CCC2CCCO2)CCCC1. The van der Waals surface area contributed by atoms with E-state index in [-0.39, 0.29) is 18.4 Å². The normalized spacial score (nSPS) is 25.4. The number of carboxylic acid groups (broad SMARTS) is 1. The highest BCUT2D eigenvalue weighted by molar-refractivity contribution is 5.78. The van der Waals surface area contributed by atoms with E-state index in [1.807, 2.05) is 0 Å². The third-order valence-electron chi connectivity index (χ3n) is 4.17. The fourth-order valence-electron chi connectivity index (χ4n) is 3.21. The Bertz CT molecular complexity index is 330. The second-order valence-corrected chi connectivity index (χ2v) is 5.78. The van der Waals surface area contributed by atoms with E-state index >= 15 is 0 Å². The Kier molecular flexibility index (Phi) is 4.80. The maximum atomic E-state index is 12.0. The molecule has 2 N–H and O–H groups in total. The van der Waals surface area contributed by atoms with Gasteiger partial charge in [0.05, 0.1) is 18.1 Å². The predicted octanol–water partition coefficient (Wildman–Crippen LogP) is 1.85. The summed E-state index contributed by atoms with van der Waals surface area (Å²) in [5, 5.41) is 12.0. The molecule has 2 rings (SSSR count). The molecule has 1 amide bonds. The molecule has 19 heavy (non-hydrogen) atoms. The van der Waals surface area contributed by atoms with Crippen LogP contribution in [0.3, 0.4) is 0 Å². The molecule has 1 aliphatic heterocycles. The summed E-state index contributed by atoms with van der Waals surface area (Å²) >= 11 is 0. The zero-order valence-electron chi connectivity index (χ0n) is 11.3. The Labute approximate surface area is 113 Å². The molecular weight excluding hydrogens is 246 g/mol. The number of carbonyl (C=O) groups is 2. The van der Waals surface area contributed by atoms with Crippen molar-refractivity contribution >= 4 is 11.9 Å². The van der Waals surface area contributed by atoms with E-state index in [4.69, 9.17) is 9.84 Å². The van der Waals surface area contributed by atoms with Crippen LogP contribution >= 0.6 is 0 Å². The van der Waals surface area contributed by atoms with Gasteiger partial charge >= 0.3 is 5.97 Å². The molecule has 0 bridgehead atoms. The number of carboxylic acids is 1. The highest BCUT2D eigenvalue weighted by Gasteiger charge is 2.37. The molecule has 0 aromatic heterocycles. The number of nitrogens with one attached hydrogen (secondary N) is 1. The summed E-state index contributed by atoms with van der Waals surface area (Å²) in [5.74, 6) is -0.861. The van der Waals surface area contributed by atoms with E-state index < -0.39 is 11.5 Å². The Morgan fingerprint density at radius 2 is 2.00 bits per heavy atom. The quantitative estimate of drug-likeness (QED) is 0.771. The number of hydrogen-bond donors (Lipinski definition) is 2. The minimum Gasteiger partial charge on any atom is -0.481 e. The summed E-state index contributed by atoms with van der Waals surface area (Å²) < 4.78 is 5.49. The zero-order valence-corrected chi connectivity index (χ0v) is 11.3. The van der Waals surface area contributed by atoms with Crippen molar-refractivity contribution in [3.63, 3.8) is 0 Å². The minimum absolute atomic E-state index is 0.0290. The Balaban J connectivity index is 1.79. The van der Waals surface area contributed by atoms with Gasteiger partial charge in [-0.3, -0.25) is 9.59 Å². The lowest BCUT2D eigenvalue weighted by Gasteiger charge is -2.28. The Morgan fingerprint density at radius 1 is 1.26 bits per heavy atom. The summed E-state index contributed by atoms with van der Waals surface area (Å²) in [7, 11) is 0. The second-order valence-electron chi connectivity index (χ2n) is 5.78. The first kappa shape index (κ1) is 14.3. The van der Waals surface area contributed by atoms with Crippen LogP contribution in [-0.4, -0.2) is 35.2 Å². The fraction of sp³-hybridized carbons (Fsp3) is 0.857. The number of ether oxygens (including phenoxy) is 1. The van der Waals surface area contributed by atoms with Gasteiger partial charge in [0.25, 0.3) is 0 Å². The van der Waals surface area contributed by atoms with Gasteiger partial charge in [0.1, 0.15) is 0 Å². The van der Waals surface area contributed by atoms with E-state index in [9.17, 15) is 9.59 Å². The molecule has 0 aromatic rings. The number of aliphatic carboxylic acids is 1. The Morgan fingerprint density at radius 3 is 2.58 bits per heavy atom. The third-order valence-corrected chi connectivity index (χ3v) is 4.17. The van der Waals surface area contributed by atoms with Crippen LogP contribution in [0.25, 0.3) is 0 Å². The summed E-state index contributed by atoms with van der Waals surface area (Å²) in [6.07, 6.45) is 7.11. The van der Waals surface area contributed by atoms with Gasteiger partial charge in [0, 0.05) is 13.0 Å². The van der Waals surface area contributed by atoms with Crippen molar-refractivity contribution in [1.82, 2.24) is 5.32 Å². The van der Waals surface area contributed by atoms with Gasteiger partial charge in [-0.1, -0.05) is 12.8 Å². The highest BCUT2D eigenvalue weighted by atomic mass is 16.5. The van der Waals surface area contributed by atoms with Gasteiger partial charge in [-0.05, 0) is 32.1 Å². The van der Waals surface area contributed by atoms with E-state index in [2.05, 4.69) is 5.32 Å². The molecule has 0 aromatic carbocycles. The zero-order chi connectivity index (χ0) is 13.7.